The van der Waals surface area contributed by atoms with Crippen LogP contribution < -0.4 is 0 Å². The van der Waals surface area contributed by atoms with Crippen molar-refractivity contribution in [2.45, 2.75) is 44.2 Å². The molecule has 2 aromatic rings. The van der Waals surface area contributed by atoms with Gasteiger partial charge in [-0.2, -0.15) is 0 Å². The third-order valence-electron chi connectivity index (χ3n) is 3.88. The van der Waals surface area contributed by atoms with Gasteiger partial charge < -0.3 is 9.30 Å². The van der Waals surface area contributed by atoms with Crippen molar-refractivity contribution in [3.8, 4) is 0 Å². The minimum absolute atomic E-state index is 0.102. The van der Waals surface area contributed by atoms with Gasteiger partial charge in [0.2, 0.25) is 0 Å². The Kier molecular flexibility index (Phi) is 3.69. The number of hydrogen-bond donors (Lipinski definition) is 0. The number of ether oxygens (including phenoxy) is 1. The van der Waals surface area contributed by atoms with E-state index in [0.29, 0.717) is 16.9 Å². The van der Waals surface area contributed by atoms with Crippen LogP contribution in [-0.2, 0) is 10.6 Å². The molecule has 1 aromatic carbocycles. The SMILES string of the molecule is CC1(C)CC(n2c(CCl)nc3cc(Cl)ccc32)CCO1. The molecular formula is C15H18Cl2N2O. The van der Waals surface area contributed by atoms with Gasteiger partial charge in [-0.25, -0.2) is 4.98 Å². The first kappa shape index (κ1) is 14.2. The summed E-state index contributed by atoms with van der Waals surface area (Å²) in [7, 11) is 0. The smallest absolute Gasteiger partial charge is 0.125 e. The molecule has 0 aliphatic carbocycles. The molecule has 1 aliphatic heterocycles. The first-order chi connectivity index (χ1) is 9.50. The highest BCUT2D eigenvalue weighted by Crippen LogP contribution is 2.35. The normalized spacial score (nSPS) is 22.3. The topological polar surface area (TPSA) is 27.1 Å². The van der Waals surface area contributed by atoms with E-state index in [4.69, 9.17) is 27.9 Å². The molecule has 1 saturated heterocycles. The van der Waals surface area contributed by atoms with Gasteiger partial charge in [0, 0.05) is 17.7 Å². The van der Waals surface area contributed by atoms with Crippen LogP contribution in [0.4, 0.5) is 0 Å². The van der Waals surface area contributed by atoms with Gasteiger partial charge in [-0.3, -0.25) is 0 Å². The molecule has 3 rings (SSSR count). The van der Waals surface area contributed by atoms with Gasteiger partial charge in [0.15, 0.2) is 0 Å². The Morgan fingerprint density at radius 1 is 1.45 bits per heavy atom. The molecule has 108 valence electrons. The van der Waals surface area contributed by atoms with Crippen LogP contribution in [0.15, 0.2) is 18.2 Å². The Morgan fingerprint density at radius 2 is 2.25 bits per heavy atom. The molecule has 5 heteroatoms. The highest BCUT2D eigenvalue weighted by atomic mass is 35.5. The van der Waals surface area contributed by atoms with E-state index in [1.54, 1.807) is 0 Å². The van der Waals surface area contributed by atoms with E-state index in [-0.39, 0.29) is 5.60 Å². The second-order valence-corrected chi connectivity index (χ2v) is 6.62. The molecule has 1 unspecified atom stereocenters. The number of benzene rings is 1. The Morgan fingerprint density at radius 3 is 2.95 bits per heavy atom. The molecular weight excluding hydrogens is 295 g/mol. The maximum Gasteiger partial charge on any atom is 0.125 e. The molecule has 0 saturated carbocycles. The third kappa shape index (κ3) is 2.54. The van der Waals surface area contributed by atoms with E-state index in [2.05, 4.69) is 23.4 Å². The average Bonchev–Trinajstić information content (AvgIpc) is 2.74. The van der Waals surface area contributed by atoms with Crippen molar-refractivity contribution in [3.63, 3.8) is 0 Å². The summed E-state index contributed by atoms with van der Waals surface area (Å²) >= 11 is 12.1. The summed E-state index contributed by atoms with van der Waals surface area (Å²) in [5.41, 5.74) is 1.92. The maximum atomic E-state index is 6.09. The lowest BCUT2D eigenvalue weighted by molar-refractivity contribution is -0.0687. The van der Waals surface area contributed by atoms with Gasteiger partial charge in [0.05, 0.1) is 22.5 Å². The number of halogens is 2. The second-order valence-electron chi connectivity index (χ2n) is 5.92. The van der Waals surface area contributed by atoms with E-state index in [1.165, 1.54) is 0 Å². The molecule has 2 heterocycles. The zero-order valence-corrected chi connectivity index (χ0v) is 13.2. The molecule has 1 atom stereocenters. The van der Waals surface area contributed by atoms with Crippen LogP contribution >= 0.6 is 23.2 Å². The van der Waals surface area contributed by atoms with E-state index in [0.717, 1.165) is 36.3 Å². The number of alkyl halides is 1. The number of hydrogen-bond acceptors (Lipinski definition) is 2. The zero-order valence-electron chi connectivity index (χ0n) is 11.7. The predicted molar refractivity (Wildman–Crippen MR) is 82.6 cm³/mol. The highest BCUT2D eigenvalue weighted by molar-refractivity contribution is 6.31. The molecule has 20 heavy (non-hydrogen) atoms. The van der Waals surface area contributed by atoms with Gasteiger partial charge in [-0.15, -0.1) is 11.6 Å². The van der Waals surface area contributed by atoms with Crippen LogP contribution in [-0.4, -0.2) is 21.8 Å². The largest absolute Gasteiger partial charge is 0.375 e. The Hall–Kier alpha value is -0.770. The summed E-state index contributed by atoms with van der Waals surface area (Å²) in [5.74, 6) is 1.32. The van der Waals surface area contributed by atoms with Crippen LogP contribution in [0.1, 0.15) is 38.6 Å². The van der Waals surface area contributed by atoms with Crippen LogP contribution in [0.2, 0.25) is 5.02 Å². The van der Waals surface area contributed by atoms with Crippen molar-refractivity contribution in [2.75, 3.05) is 6.61 Å². The fourth-order valence-corrected chi connectivity index (χ4v) is 3.40. The summed E-state index contributed by atoms with van der Waals surface area (Å²) in [5, 5.41) is 0.704. The monoisotopic (exact) mass is 312 g/mol. The summed E-state index contributed by atoms with van der Waals surface area (Å²) in [6.45, 7) is 5.04. The molecule has 1 aliphatic rings. The Labute approximate surface area is 128 Å². The van der Waals surface area contributed by atoms with Crippen LogP contribution in [0.5, 0.6) is 0 Å². The molecule has 0 spiro atoms. The van der Waals surface area contributed by atoms with E-state index in [9.17, 15) is 0 Å². The summed E-state index contributed by atoms with van der Waals surface area (Å²) in [6.07, 6.45) is 1.95. The van der Waals surface area contributed by atoms with Crippen LogP contribution in [0.3, 0.4) is 0 Å². The highest BCUT2D eigenvalue weighted by Gasteiger charge is 2.31. The minimum Gasteiger partial charge on any atom is -0.375 e. The Bertz CT molecular complexity index is 636. The van der Waals surface area contributed by atoms with Crippen LogP contribution in [0.25, 0.3) is 11.0 Å². The number of imidazole rings is 1. The van der Waals surface area contributed by atoms with Crippen molar-refractivity contribution < 1.29 is 4.74 Å². The van der Waals surface area contributed by atoms with Crippen molar-refractivity contribution in [1.29, 1.82) is 0 Å². The van der Waals surface area contributed by atoms with Crippen molar-refractivity contribution in [3.05, 3.63) is 29.0 Å². The number of fused-ring (bicyclic) bond motifs is 1. The number of nitrogens with zero attached hydrogens (tertiary/aromatic N) is 2. The molecule has 3 nitrogen and oxygen atoms in total. The van der Waals surface area contributed by atoms with Crippen molar-refractivity contribution in [1.82, 2.24) is 9.55 Å². The standard InChI is InChI=1S/C15H18Cl2N2O/c1-15(2)8-11(5-6-20-15)19-13-4-3-10(17)7-12(13)18-14(19)9-16/h3-4,7,11H,5-6,8-9H2,1-2H3. The quantitative estimate of drug-likeness (QED) is 0.760. The zero-order chi connectivity index (χ0) is 14.3. The van der Waals surface area contributed by atoms with Gasteiger partial charge in [0.1, 0.15) is 5.82 Å². The molecule has 1 aromatic heterocycles. The molecule has 1 fully saturated rings. The average molecular weight is 313 g/mol. The molecule has 0 bridgehead atoms. The Balaban J connectivity index is 2.09. The van der Waals surface area contributed by atoms with Gasteiger partial charge in [-0.05, 0) is 44.9 Å². The summed E-state index contributed by atoms with van der Waals surface area (Å²) in [4.78, 5) is 4.62. The van der Waals surface area contributed by atoms with E-state index < -0.39 is 0 Å². The van der Waals surface area contributed by atoms with Gasteiger partial charge in [0.25, 0.3) is 0 Å². The lowest BCUT2D eigenvalue weighted by atomic mass is 9.93. The van der Waals surface area contributed by atoms with Crippen LogP contribution in [0, 0.1) is 0 Å². The molecule has 0 amide bonds. The fourth-order valence-electron chi connectivity index (χ4n) is 3.04. The first-order valence-electron chi connectivity index (χ1n) is 6.86. The lowest BCUT2D eigenvalue weighted by Gasteiger charge is -2.36. The second kappa shape index (κ2) is 5.21. The third-order valence-corrected chi connectivity index (χ3v) is 4.35. The molecule has 0 radical (unpaired) electrons. The first-order valence-corrected chi connectivity index (χ1v) is 7.78. The minimum atomic E-state index is -0.102. The number of rotatable bonds is 2. The van der Waals surface area contributed by atoms with E-state index in [1.807, 2.05) is 18.2 Å². The summed E-state index contributed by atoms with van der Waals surface area (Å²) in [6, 6.07) is 6.21. The van der Waals surface area contributed by atoms with Crippen molar-refractivity contribution >= 4 is 34.2 Å². The lowest BCUT2D eigenvalue weighted by Crippen LogP contribution is -2.35. The van der Waals surface area contributed by atoms with E-state index >= 15 is 0 Å². The van der Waals surface area contributed by atoms with Gasteiger partial charge in [-0.1, -0.05) is 11.6 Å². The van der Waals surface area contributed by atoms with Crippen molar-refractivity contribution in [2.24, 2.45) is 0 Å². The summed E-state index contributed by atoms with van der Waals surface area (Å²) < 4.78 is 8.08. The van der Waals surface area contributed by atoms with Gasteiger partial charge >= 0.3 is 0 Å². The number of aromatic nitrogens is 2. The molecule has 0 N–H and O–H groups in total. The predicted octanol–water partition coefficient (Wildman–Crippen LogP) is 4.56. The maximum absolute atomic E-state index is 6.09. The fraction of sp³-hybridized carbons (Fsp3) is 0.533.